The lowest BCUT2D eigenvalue weighted by molar-refractivity contribution is -0.125. The maximum atomic E-state index is 11.4. The lowest BCUT2D eigenvalue weighted by Crippen LogP contribution is -2.24. The Balaban J connectivity index is 2.29. The highest BCUT2D eigenvalue weighted by Crippen LogP contribution is 2.24. The maximum Gasteiger partial charge on any atom is 0.226 e. The maximum absolute atomic E-state index is 11.4. The van der Waals surface area contributed by atoms with Gasteiger partial charge in [-0.15, -0.1) is 0 Å². The van der Waals surface area contributed by atoms with E-state index in [9.17, 15) is 4.79 Å². The molecule has 0 aliphatic heterocycles. The predicted molar refractivity (Wildman–Crippen MR) is 54.2 cm³/mol. The molecule has 1 amide bonds. The summed E-state index contributed by atoms with van der Waals surface area (Å²) in [5, 5.41) is 0. The molecule has 1 radical (unpaired) electrons. The van der Waals surface area contributed by atoms with Crippen LogP contribution in [0.15, 0.2) is 0 Å². The van der Waals surface area contributed by atoms with Crippen LogP contribution in [0.25, 0.3) is 0 Å². The molecular formula is C11H20NO. The summed E-state index contributed by atoms with van der Waals surface area (Å²) in [5.74, 6) is 0.712. The van der Waals surface area contributed by atoms with Gasteiger partial charge in [-0.1, -0.05) is 25.7 Å². The van der Waals surface area contributed by atoms with E-state index in [1.54, 1.807) is 4.90 Å². The van der Waals surface area contributed by atoms with Crippen molar-refractivity contribution in [2.45, 2.75) is 38.5 Å². The molecule has 0 N–H and O–H groups in total. The first-order valence-electron chi connectivity index (χ1n) is 5.26. The third-order valence-electron chi connectivity index (χ3n) is 2.72. The van der Waals surface area contributed by atoms with Crippen molar-refractivity contribution in [3.8, 4) is 0 Å². The number of rotatable bonds is 2. The zero-order chi connectivity index (χ0) is 9.68. The monoisotopic (exact) mass is 182 g/mol. The van der Waals surface area contributed by atoms with Crippen LogP contribution in [0.3, 0.4) is 0 Å². The standard InChI is InChI=1S/C11H20NO/c1-12(2)11(13)9-10-7-5-3-4-6-8-10/h9-10H,3-8H2,1-2H3. The molecule has 2 heteroatoms. The van der Waals surface area contributed by atoms with Gasteiger partial charge < -0.3 is 4.90 Å². The Morgan fingerprint density at radius 3 is 2.15 bits per heavy atom. The molecule has 0 saturated heterocycles. The molecule has 0 aromatic rings. The largest absolute Gasteiger partial charge is 0.349 e. The zero-order valence-corrected chi connectivity index (χ0v) is 8.75. The molecule has 0 unspecified atom stereocenters. The van der Waals surface area contributed by atoms with Crippen molar-refractivity contribution in [1.82, 2.24) is 4.90 Å². The number of carbonyl (C=O) groups is 1. The Kier molecular flexibility index (Phi) is 4.26. The molecule has 1 rings (SSSR count). The second-order valence-electron chi connectivity index (χ2n) is 4.15. The summed E-state index contributed by atoms with van der Waals surface area (Å²) in [7, 11) is 3.63. The van der Waals surface area contributed by atoms with Crippen LogP contribution in [0.5, 0.6) is 0 Å². The highest BCUT2D eigenvalue weighted by molar-refractivity contribution is 5.84. The van der Waals surface area contributed by atoms with Gasteiger partial charge in [0, 0.05) is 14.1 Å². The van der Waals surface area contributed by atoms with Gasteiger partial charge in [0.25, 0.3) is 0 Å². The quantitative estimate of drug-likeness (QED) is 0.600. The van der Waals surface area contributed by atoms with Gasteiger partial charge in [-0.2, -0.15) is 0 Å². The molecule has 0 atom stereocenters. The smallest absolute Gasteiger partial charge is 0.226 e. The van der Waals surface area contributed by atoms with Crippen LogP contribution in [-0.2, 0) is 4.79 Å². The van der Waals surface area contributed by atoms with Gasteiger partial charge in [-0.3, -0.25) is 4.79 Å². The molecule has 1 aliphatic rings. The fourth-order valence-corrected chi connectivity index (χ4v) is 1.83. The topological polar surface area (TPSA) is 20.3 Å². The molecule has 0 aromatic carbocycles. The van der Waals surface area contributed by atoms with E-state index in [2.05, 4.69) is 0 Å². The van der Waals surface area contributed by atoms with E-state index in [4.69, 9.17) is 0 Å². The SMILES string of the molecule is CN(C)C(=O)[CH]C1CCCCCC1. The molecule has 1 aliphatic carbocycles. The molecule has 75 valence electrons. The minimum Gasteiger partial charge on any atom is -0.349 e. The first-order chi connectivity index (χ1) is 6.20. The first-order valence-corrected chi connectivity index (χ1v) is 5.26. The van der Waals surface area contributed by atoms with E-state index < -0.39 is 0 Å². The number of amides is 1. The van der Waals surface area contributed by atoms with E-state index in [0.717, 1.165) is 0 Å². The average molecular weight is 182 g/mol. The predicted octanol–water partition coefficient (Wildman–Crippen LogP) is 2.25. The molecule has 0 bridgehead atoms. The fourth-order valence-electron chi connectivity index (χ4n) is 1.83. The van der Waals surface area contributed by atoms with Crippen molar-refractivity contribution in [2.75, 3.05) is 14.1 Å². The van der Waals surface area contributed by atoms with Crippen molar-refractivity contribution in [1.29, 1.82) is 0 Å². The van der Waals surface area contributed by atoms with Crippen LogP contribution in [0.4, 0.5) is 0 Å². The van der Waals surface area contributed by atoms with Crippen LogP contribution < -0.4 is 0 Å². The summed E-state index contributed by atoms with van der Waals surface area (Å²) >= 11 is 0. The number of nitrogens with zero attached hydrogens (tertiary/aromatic N) is 1. The lowest BCUT2D eigenvalue weighted by atomic mass is 9.96. The molecule has 1 fully saturated rings. The van der Waals surface area contributed by atoms with E-state index in [1.807, 2.05) is 20.5 Å². The zero-order valence-electron chi connectivity index (χ0n) is 8.75. The Morgan fingerprint density at radius 1 is 1.15 bits per heavy atom. The number of hydrogen-bond acceptors (Lipinski definition) is 1. The Bertz CT molecular complexity index is 157. The van der Waals surface area contributed by atoms with Gasteiger partial charge in [0.15, 0.2) is 0 Å². The van der Waals surface area contributed by atoms with Gasteiger partial charge >= 0.3 is 0 Å². The van der Waals surface area contributed by atoms with Gasteiger partial charge in [0.1, 0.15) is 0 Å². The lowest BCUT2D eigenvalue weighted by Gasteiger charge is -2.16. The summed E-state index contributed by atoms with van der Waals surface area (Å²) in [6.07, 6.45) is 9.61. The Hall–Kier alpha value is -0.530. The molecule has 13 heavy (non-hydrogen) atoms. The van der Waals surface area contributed by atoms with Crippen LogP contribution in [0.2, 0.25) is 0 Å². The van der Waals surface area contributed by atoms with Crippen molar-refractivity contribution >= 4 is 5.91 Å². The normalized spacial score (nSPS) is 19.5. The summed E-state index contributed by atoms with van der Waals surface area (Å²) < 4.78 is 0. The van der Waals surface area contributed by atoms with E-state index >= 15 is 0 Å². The van der Waals surface area contributed by atoms with Crippen molar-refractivity contribution in [3.63, 3.8) is 0 Å². The van der Waals surface area contributed by atoms with Crippen molar-refractivity contribution in [3.05, 3.63) is 6.42 Å². The Morgan fingerprint density at radius 2 is 1.69 bits per heavy atom. The summed E-state index contributed by atoms with van der Waals surface area (Å²) in [4.78, 5) is 13.1. The summed E-state index contributed by atoms with van der Waals surface area (Å²) in [6.45, 7) is 0. The molecule has 0 aromatic heterocycles. The fraction of sp³-hybridized carbons (Fsp3) is 0.818. The highest BCUT2D eigenvalue weighted by atomic mass is 16.2. The molecule has 0 spiro atoms. The number of carbonyl (C=O) groups excluding carboxylic acids is 1. The molecular weight excluding hydrogens is 162 g/mol. The summed E-state index contributed by atoms with van der Waals surface area (Å²) in [5.41, 5.74) is 0. The van der Waals surface area contributed by atoms with Crippen LogP contribution in [-0.4, -0.2) is 24.9 Å². The van der Waals surface area contributed by atoms with Crippen molar-refractivity contribution < 1.29 is 4.79 Å². The van der Waals surface area contributed by atoms with E-state index in [0.29, 0.717) is 5.92 Å². The molecule has 2 nitrogen and oxygen atoms in total. The third-order valence-corrected chi connectivity index (χ3v) is 2.72. The van der Waals surface area contributed by atoms with Crippen LogP contribution in [0, 0.1) is 12.3 Å². The minimum absolute atomic E-state index is 0.173. The molecule has 0 heterocycles. The highest BCUT2D eigenvalue weighted by Gasteiger charge is 2.17. The summed E-state index contributed by atoms with van der Waals surface area (Å²) in [6, 6.07) is 0. The van der Waals surface area contributed by atoms with Crippen LogP contribution >= 0.6 is 0 Å². The second kappa shape index (κ2) is 5.25. The van der Waals surface area contributed by atoms with Crippen molar-refractivity contribution in [2.24, 2.45) is 5.92 Å². The first kappa shape index (κ1) is 10.6. The van der Waals surface area contributed by atoms with E-state index in [-0.39, 0.29) is 5.91 Å². The Labute approximate surface area is 81.3 Å². The number of hydrogen-bond donors (Lipinski definition) is 0. The van der Waals surface area contributed by atoms with Gasteiger partial charge in [0.2, 0.25) is 5.91 Å². The minimum atomic E-state index is 0.173. The molecule has 1 saturated carbocycles. The average Bonchev–Trinajstić information content (AvgIpc) is 2.32. The van der Waals surface area contributed by atoms with Crippen LogP contribution in [0.1, 0.15) is 38.5 Å². The van der Waals surface area contributed by atoms with Gasteiger partial charge in [-0.05, 0) is 18.8 Å². The third kappa shape index (κ3) is 3.79. The van der Waals surface area contributed by atoms with E-state index in [1.165, 1.54) is 38.5 Å². The second-order valence-corrected chi connectivity index (χ2v) is 4.15. The van der Waals surface area contributed by atoms with Gasteiger partial charge in [-0.25, -0.2) is 0 Å². The van der Waals surface area contributed by atoms with Gasteiger partial charge in [0.05, 0.1) is 6.42 Å².